The van der Waals surface area contributed by atoms with Gasteiger partial charge in [0.15, 0.2) is 9.84 Å². The minimum Gasteiger partial charge on any atom is -0.403 e. The predicted octanol–water partition coefficient (Wildman–Crippen LogP) is 3.21. The lowest BCUT2D eigenvalue weighted by atomic mass is 10.2. The maximum Gasteiger partial charge on any atom is 0.322 e. The summed E-state index contributed by atoms with van der Waals surface area (Å²) >= 11 is 0. The summed E-state index contributed by atoms with van der Waals surface area (Å²) in [7, 11) is -3.61. The Hall–Kier alpha value is -3.14. The van der Waals surface area contributed by atoms with Crippen molar-refractivity contribution in [3.63, 3.8) is 0 Å². The molecule has 0 fully saturated rings. The number of aromatic nitrogens is 2. The first-order valence-corrected chi connectivity index (χ1v) is 9.86. The second-order valence-electron chi connectivity index (χ2n) is 5.84. The summed E-state index contributed by atoms with van der Waals surface area (Å²) in [6.45, 7) is 0. The number of rotatable bonds is 7. The van der Waals surface area contributed by atoms with E-state index in [0.717, 1.165) is 12.1 Å². The van der Waals surface area contributed by atoms with Gasteiger partial charge in [-0.2, -0.15) is 0 Å². The van der Waals surface area contributed by atoms with E-state index in [1.807, 2.05) is 0 Å². The van der Waals surface area contributed by atoms with Crippen LogP contribution in [-0.2, 0) is 14.6 Å². The van der Waals surface area contributed by atoms with Gasteiger partial charge < -0.3 is 4.42 Å². The zero-order chi connectivity index (χ0) is 20.1. The molecule has 1 N–H and O–H groups in total. The van der Waals surface area contributed by atoms with Gasteiger partial charge in [0, 0.05) is 12.0 Å². The fourth-order valence-corrected chi connectivity index (χ4v) is 3.66. The van der Waals surface area contributed by atoms with Crippen LogP contribution in [0.15, 0.2) is 57.8 Å². The number of hydrogen-bond acceptors (Lipinski definition) is 6. The fourth-order valence-electron chi connectivity index (χ4n) is 2.35. The van der Waals surface area contributed by atoms with Gasteiger partial charge >= 0.3 is 6.01 Å². The van der Waals surface area contributed by atoms with E-state index in [1.165, 1.54) is 36.4 Å². The lowest BCUT2D eigenvalue weighted by molar-refractivity contribution is -0.116. The Labute approximate surface area is 159 Å². The van der Waals surface area contributed by atoms with E-state index in [9.17, 15) is 22.0 Å². The molecule has 146 valence electrons. The first-order valence-electron chi connectivity index (χ1n) is 8.21. The van der Waals surface area contributed by atoms with Gasteiger partial charge in [-0.1, -0.05) is 5.10 Å². The zero-order valence-electron chi connectivity index (χ0n) is 14.4. The number of nitrogens with one attached hydrogen (secondary N) is 1. The Morgan fingerprint density at radius 1 is 0.964 bits per heavy atom. The maximum atomic E-state index is 12.9. The van der Waals surface area contributed by atoms with E-state index in [-0.39, 0.29) is 35.4 Å². The molecule has 3 aromatic rings. The quantitative estimate of drug-likeness (QED) is 0.604. The van der Waals surface area contributed by atoms with Crippen LogP contribution in [0.25, 0.3) is 11.5 Å². The van der Waals surface area contributed by atoms with Crippen LogP contribution < -0.4 is 5.32 Å². The second-order valence-corrected chi connectivity index (χ2v) is 7.95. The number of nitrogens with zero attached hydrogens (tertiary/aromatic N) is 2. The van der Waals surface area contributed by atoms with Crippen molar-refractivity contribution in [1.29, 1.82) is 0 Å². The Balaban J connectivity index is 1.52. The first kappa shape index (κ1) is 19.6. The number of benzene rings is 2. The number of carbonyl (C=O) groups excluding carboxylic acids is 1. The van der Waals surface area contributed by atoms with Gasteiger partial charge in [0.2, 0.25) is 11.8 Å². The van der Waals surface area contributed by atoms with Crippen LogP contribution in [0.3, 0.4) is 0 Å². The largest absolute Gasteiger partial charge is 0.403 e. The summed E-state index contributed by atoms with van der Waals surface area (Å²) in [4.78, 5) is 11.9. The summed E-state index contributed by atoms with van der Waals surface area (Å²) in [5, 5.41) is 9.81. The fraction of sp³-hybridized carbons (Fsp3) is 0.167. The van der Waals surface area contributed by atoms with Gasteiger partial charge in [0.25, 0.3) is 0 Å². The molecule has 0 spiro atoms. The third-order valence-electron chi connectivity index (χ3n) is 3.75. The average molecular weight is 407 g/mol. The lowest BCUT2D eigenvalue weighted by Crippen LogP contribution is -2.14. The van der Waals surface area contributed by atoms with Crippen LogP contribution in [0.2, 0.25) is 0 Å². The number of halogens is 2. The lowest BCUT2D eigenvalue weighted by Gasteiger charge is -2.04. The molecule has 0 atom stereocenters. The van der Waals surface area contributed by atoms with Crippen molar-refractivity contribution in [3.8, 4) is 11.5 Å². The van der Waals surface area contributed by atoms with Gasteiger partial charge in [-0.25, -0.2) is 17.2 Å². The molecule has 7 nitrogen and oxygen atoms in total. The van der Waals surface area contributed by atoms with Gasteiger partial charge in [-0.3, -0.25) is 10.1 Å². The minimum absolute atomic E-state index is 0.00449. The van der Waals surface area contributed by atoms with Crippen LogP contribution in [0.1, 0.15) is 12.8 Å². The van der Waals surface area contributed by atoms with Crippen molar-refractivity contribution < 1.29 is 26.4 Å². The molecule has 0 bridgehead atoms. The third kappa shape index (κ3) is 4.97. The summed E-state index contributed by atoms with van der Waals surface area (Å²) in [6.07, 6.45) is -0.0286. The topological polar surface area (TPSA) is 102 Å². The summed E-state index contributed by atoms with van der Waals surface area (Å²) in [6, 6.07) is 9.72. The standard InChI is InChI=1S/C18H15F2N3O4S/c19-13-5-3-12(4-6-13)17-22-23-18(27-17)21-16(24)2-1-11-28(25,26)15-9-7-14(20)8-10-15/h3-10H,1-2,11H2,(H,21,23,24). The molecule has 28 heavy (non-hydrogen) atoms. The molecule has 0 saturated heterocycles. The van der Waals surface area contributed by atoms with Gasteiger partial charge in [-0.05, 0) is 55.0 Å². The van der Waals surface area contributed by atoms with Gasteiger partial charge in [0.05, 0.1) is 10.6 Å². The van der Waals surface area contributed by atoms with E-state index >= 15 is 0 Å². The number of hydrogen-bond donors (Lipinski definition) is 1. The molecule has 10 heteroatoms. The van der Waals surface area contributed by atoms with Crippen molar-refractivity contribution in [1.82, 2.24) is 10.2 Å². The van der Waals surface area contributed by atoms with Crippen LogP contribution in [0.4, 0.5) is 14.8 Å². The molecule has 0 unspecified atom stereocenters. The van der Waals surface area contributed by atoms with Crippen molar-refractivity contribution in [2.45, 2.75) is 17.7 Å². The van der Waals surface area contributed by atoms with Crippen LogP contribution in [-0.4, -0.2) is 30.3 Å². The first-order chi connectivity index (χ1) is 13.3. The van der Waals surface area contributed by atoms with Crippen LogP contribution in [0, 0.1) is 11.6 Å². The Bertz CT molecular complexity index is 1060. The van der Waals surface area contributed by atoms with Crippen molar-refractivity contribution >= 4 is 21.8 Å². The van der Waals surface area contributed by atoms with E-state index in [2.05, 4.69) is 15.5 Å². The molecule has 0 radical (unpaired) electrons. The average Bonchev–Trinajstić information content (AvgIpc) is 3.11. The molecule has 0 aliphatic rings. The van der Waals surface area contributed by atoms with Crippen LogP contribution in [0.5, 0.6) is 0 Å². The number of amides is 1. The summed E-state index contributed by atoms with van der Waals surface area (Å²) in [5.41, 5.74) is 0.486. The van der Waals surface area contributed by atoms with E-state index in [0.29, 0.717) is 5.56 Å². The number of carbonyl (C=O) groups is 1. The van der Waals surface area contributed by atoms with Crippen molar-refractivity contribution in [2.24, 2.45) is 0 Å². The summed E-state index contributed by atoms with van der Waals surface area (Å²) < 4.78 is 55.4. The monoisotopic (exact) mass is 407 g/mol. The maximum absolute atomic E-state index is 12.9. The zero-order valence-corrected chi connectivity index (χ0v) is 15.2. The molecular formula is C18H15F2N3O4S. The van der Waals surface area contributed by atoms with Gasteiger partial charge in [0.1, 0.15) is 11.6 Å². The highest BCUT2D eigenvalue weighted by Gasteiger charge is 2.16. The number of anilines is 1. The van der Waals surface area contributed by atoms with Crippen LogP contribution >= 0.6 is 0 Å². The highest BCUT2D eigenvalue weighted by Crippen LogP contribution is 2.20. The molecule has 1 heterocycles. The molecule has 1 aromatic heterocycles. The predicted molar refractivity (Wildman–Crippen MR) is 96.0 cm³/mol. The Morgan fingerprint density at radius 2 is 1.57 bits per heavy atom. The Kier molecular flexibility index (Phi) is 5.78. The van der Waals surface area contributed by atoms with Gasteiger partial charge in [-0.15, -0.1) is 5.10 Å². The molecule has 3 rings (SSSR count). The molecule has 0 aliphatic carbocycles. The van der Waals surface area contributed by atoms with Crippen molar-refractivity contribution in [2.75, 3.05) is 11.1 Å². The minimum atomic E-state index is -3.61. The van der Waals surface area contributed by atoms with E-state index in [1.54, 1.807) is 0 Å². The molecule has 0 saturated carbocycles. The van der Waals surface area contributed by atoms with E-state index < -0.39 is 27.4 Å². The third-order valence-corrected chi connectivity index (χ3v) is 5.57. The smallest absolute Gasteiger partial charge is 0.322 e. The Morgan fingerprint density at radius 3 is 2.21 bits per heavy atom. The molecule has 2 aromatic carbocycles. The normalized spacial score (nSPS) is 11.4. The second kappa shape index (κ2) is 8.26. The summed E-state index contributed by atoms with van der Waals surface area (Å²) in [5.74, 6) is -1.60. The van der Waals surface area contributed by atoms with Crippen molar-refractivity contribution in [3.05, 3.63) is 60.2 Å². The highest BCUT2D eigenvalue weighted by molar-refractivity contribution is 7.91. The highest BCUT2D eigenvalue weighted by atomic mass is 32.2. The molecular weight excluding hydrogens is 392 g/mol. The molecule has 1 amide bonds. The SMILES string of the molecule is O=C(CCCS(=O)(=O)c1ccc(F)cc1)Nc1nnc(-c2ccc(F)cc2)o1. The van der Waals surface area contributed by atoms with E-state index in [4.69, 9.17) is 4.42 Å². The molecule has 0 aliphatic heterocycles. The number of sulfone groups is 1.